The zero-order valence-corrected chi connectivity index (χ0v) is 10.5. The molecule has 0 saturated carbocycles. The van der Waals surface area contributed by atoms with Crippen LogP contribution in [0.2, 0.25) is 0 Å². The Labute approximate surface area is 111 Å². The Morgan fingerprint density at radius 1 is 1.26 bits per heavy atom. The van der Waals surface area contributed by atoms with Crippen molar-refractivity contribution in [1.29, 1.82) is 0 Å². The van der Waals surface area contributed by atoms with Gasteiger partial charge in [0.05, 0.1) is 5.92 Å². The molecule has 1 amide bonds. The molecule has 2 aromatic rings. The third kappa shape index (κ3) is 2.81. The van der Waals surface area contributed by atoms with Crippen molar-refractivity contribution in [3.8, 4) is 0 Å². The molecule has 1 aromatic heterocycles. The first kappa shape index (κ1) is 11.9. The number of rotatable bonds is 4. The van der Waals surface area contributed by atoms with Crippen LogP contribution in [0.1, 0.15) is 29.6 Å². The van der Waals surface area contributed by atoms with Crippen LogP contribution in [-0.4, -0.2) is 22.6 Å². The average Bonchev–Trinajstić information content (AvgIpc) is 3.06. The minimum Gasteiger partial charge on any atom is -0.355 e. The van der Waals surface area contributed by atoms with E-state index in [0.29, 0.717) is 24.7 Å². The van der Waals surface area contributed by atoms with Crippen molar-refractivity contribution in [2.45, 2.75) is 25.2 Å². The van der Waals surface area contributed by atoms with Crippen LogP contribution in [-0.2, 0) is 17.6 Å². The summed E-state index contributed by atoms with van der Waals surface area (Å²) in [6, 6.07) is 10.2. The van der Waals surface area contributed by atoms with Gasteiger partial charge in [-0.3, -0.25) is 4.79 Å². The number of aryl methyl sites for hydroxylation is 2. The molecule has 0 unspecified atom stereocenters. The number of carbonyl (C=O) groups excluding carboxylic acids is 1. The van der Waals surface area contributed by atoms with Crippen LogP contribution in [0.3, 0.4) is 0 Å². The minimum absolute atomic E-state index is 0.0328. The lowest BCUT2D eigenvalue weighted by molar-refractivity contribution is -0.119. The number of aromatic nitrogens is 2. The Balaban J connectivity index is 1.61. The van der Waals surface area contributed by atoms with Gasteiger partial charge >= 0.3 is 0 Å². The van der Waals surface area contributed by atoms with E-state index in [2.05, 4.69) is 27.6 Å². The molecule has 0 spiro atoms. The third-order valence-electron chi connectivity index (χ3n) is 3.29. The highest BCUT2D eigenvalue weighted by atomic mass is 16.5. The Kier molecular flexibility index (Phi) is 3.27. The lowest BCUT2D eigenvalue weighted by Crippen LogP contribution is -2.13. The predicted octanol–water partition coefficient (Wildman–Crippen LogP) is 1.46. The molecule has 1 atom stereocenters. The summed E-state index contributed by atoms with van der Waals surface area (Å²) in [7, 11) is 0. The molecule has 98 valence electrons. The normalized spacial score (nSPS) is 18.5. The molecule has 0 aliphatic carbocycles. The summed E-state index contributed by atoms with van der Waals surface area (Å²) < 4.78 is 5.23. The molecule has 1 aliphatic heterocycles. The van der Waals surface area contributed by atoms with Gasteiger partial charge in [0, 0.05) is 19.4 Å². The fourth-order valence-corrected chi connectivity index (χ4v) is 2.22. The highest BCUT2D eigenvalue weighted by Crippen LogP contribution is 2.21. The monoisotopic (exact) mass is 257 g/mol. The smallest absolute Gasteiger partial charge is 0.232 e. The number of carbonyl (C=O) groups is 1. The first-order valence-electron chi connectivity index (χ1n) is 6.44. The molecule has 0 radical (unpaired) electrons. The Morgan fingerprint density at radius 2 is 2.11 bits per heavy atom. The summed E-state index contributed by atoms with van der Waals surface area (Å²) in [6.45, 7) is 0.596. The van der Waals surface area contributed by atoms with Gasteiger partial charge in [-0.2, -0.15) is 4.98 Å². The fraction of sp³-hybridized carbons (Fsp3) is 0.357. The lowest BCUT2D eigenvalue weighted by atomic mass is 10.1. The Morgan fingerprint density at radius 3 is 2.84 bits per heavy atom. The first-order valence-corrected chi connectivity index (χ1v) is 6.44. The molecule has 3 rings (SSSR count). The quantitative estimate of drug-likeness (QED) is 0.900. The largest absolute Gasteiger partial charge is 0.355 e. The number of nitrogens with one attached hydrogen (secondary N) is 1. The second-order valence-corrected chi connectivity index (χ2v) is 4.74. The van der Waals surface area contributed by atoms with Crippen LogP contribution in [0, 0.1) is 0 Å². The highest BCUT2D eigenvalue weighted by Gasteiger charge is 2.27. The SMILES string of the molecule is O=C1C[C@@H](c2nc(CCc3ccccc3)no2)CN1. The molecule has 1 aromatic carbocycles. The van der Waals surface area contributed by atoms with Gasteiger partial charge in [0.1, 0.15) is 0 Å². The van der Waals surface area contributed by atoms with Crippen molar-refractivity contribution in [2.75, 3.05) is 6.54 Å². The van der Waals surface area contributed by atoms with Crippen molar-refractivity contribution >= 4 is 5.91 Å². The maximum atomic E-state index is 11.1. The van der Waals surface area contributed by atoms with Gasteiger partial charge in [-0.25, -0.2) is 0 Å². The molecule has 0 bridgehead atoms. The summed E-state index contributed by atoms with van der Waals surface area (Å²) in [6.07, 6.45) is 2.09. The average molecular weight is 257 g/mol. The zero-order chi connectivity index (χ0) is 13.1. The van der Waals surface area contributed by atoms with Crippen LogP contribution in [0.4, 0.5) is 0 Å². The predicted molar refractivity (Wildman–Crippen MR) is 68.5 cm³/mol. The minimum atomic E-state index is 0.0328. The molecule has 1 saturated heterocycles. The van der Waals surface area contributed by atoms with Crippen LogP contribution in [0.5, 0.6) is 0 Å². The summed E-state index contributed by atoms with van der Waals surface area (Å²) in [4.78, 5) is 15.5. The van der Waals surface area contributed by atoms with E-state index in [1.807, 2.05) is 18.2 Å². The van der Waals surface area contributed by atoms with Gasteiger partial charge < -0.3 is 9.84 Å². The van der Waals surface area contributed by atoms with Crippen LogP contribution < -0.4 is 5.32 Å². The van der Waals surface area contributed by atoms with Gasteiger partial charge in [0.15, 0.2) is 5.82 Å². The van der Waals surface area contributed by atoms with E-state index in [1.165, 1.54) is 5.56 Å². The van der Waals surface area contributed by atoms with Crippen LogP contribution >= 0.6 is 0 Å². The molecule has 2 heterocycles. The molecule has 5 heteroatoms. The van der Waals surface area contributed by atoms with Crippen molar-refractivity contribution in [1.82, 2.24) is 15.5 Å². The van der Waals surface area contributed by atoms with Gasteiger partial charge in [-0.1, -0.05) is 35.5 Å². The van der Waals surface area contributed by atoms with E-state index >= 15 is 0 Å². The number of hydrogen-bond donors (Lipinski definition) is 1. The summed E-state index contributed by atoms with van der Waals surface area (Å²) in [5.74, 6) is 1.36. The van der Waals surface area contributed by atoms with Gasteiger partial charge in [-0.05, 0) is 12.0 Å². The van der Waals surface area contributed by atoms with E-state index < -0.39 is 0 Å². The topological polar surface area (TPSA) is 68.0 Å². The third-order valence-corrected chi connectivity index (χ3v) is 3.29. The highest BCUT2D eigenvalue weighted by molar-refractivity contribution is 5.79. The van der Waals surface area contributed by atoms with Crippen LogP contribution in [0.15, 0.2) is 34.9 Å². The zero-order valence-electron chi connectivity index (χ0n) is 10.5. The lowest BCUT2D eigenvalue weighted by Gasteiger charge is -1.98. The van der Waals surface area contributed by atoms with Crippen molar-refractivity contribution in [3.05, 3.63) is 47.6 Å². The van der Waals surface area contributed by atoms with E-state index in [-0.39, 0.29) is 11.8 Å². The number of hydrogen-bond acceptors (Lipinski definition) is 4. The summed E-state index contributed by atoms with van der Waals surface area (Å²) in [5.41, 5.74) is 1.26. The standard InChI is InChI=1S/C14H15N3O2/c18-13-8-11(9-15-13)14-16-12(17-19-14)7-6-10-4-2-1-3-5-10/h1-5,11H,6-9H2,(H,15,18)/t11-/m1/s1. The van der Waals surface area contributed by atoms with Crippen LogP contribution in [0.25, 0.3) is 0 Å². The number of benzene rings is 1. The molecular formula is C14H15N3O2. The second kappa shape index (κ2) is 5.22. The van der Waals surface area contributed by atoms with E-state index in [1.54, 1.807) is 0 Å². The molecule has 1 N–H and O–H groups in total. The van der Waals surface area contributed by atoms with Crippen molar-refractivity contribution in [3.63, 3.8) is 0 Å². The molecule has 5 nitrogen and oxygen atoms in total. The number of nitrogens with zero attached hydrogens (tertiary/aromatic N) is 2. The fourth-order valence-electron chi connectivity index (χ4n) is 2.22. The summed E-state index contributed by atoms with van der Waals surface area (Å²) >= 11 is 0. The first-order chi connectivity index (χ1) is 9.31. The van der Waals surface area contributed by atoms with Gasteiger partial charge in [0.25, 0.3) is 0 Å². The summed E-state index contributed by atoms with van der Waals surface area (Å²) in [5, 5.41) is 6.74. The molecule has 1 aliphatic rings. The Bertz CT molecular complexity index is 565. The molecular weight excluding hydrogens is 242 g/mol. The maximum Gasteiger partial charge on any atom is 0.232 e. The Hall–Kier alpha value is -2.17. The van der Waals surface area contributed by atoms with Gasteiger partial charge in [-0.15, -0.1) is 0 Å². The van der Waals surface area contributed by atoms with E-state index in [0.717, 1.165) is 12.8 Å². The maximum absolute atomic E-state index is 11.1. The molecule has 19 heavy (non-hydrogen) atoms. The second-order valence-electron chi connectivity index (χ2n) is 4.74. The molecule has 1 fully saturated rings. The van der Waals surface area contributed by atoms with Crippen molar-refractivity contribution < 1.29 is 9.32 Å². The van der Waals surface area contributed by atoms with Crippen molar-refractivity contribution in [2.24, 2.45) is 0 Å². The van der Waals surface area contributed by atoms with E-state index in [9.17, 15) is 4.79 Å². The van der Waals surface area contributed by atoms with Gasteiger partial charge in [0.2, 0.25) is 11.8 Å². The number of amides is 1. The van der Waals surface area contributed by atoms with E-state index in [4.69, 9.17) is 4.52 Å².